The number of amides is 1. The van der Waals surface area contributed by atoms with Crippen molar-refractivity contribution in [2.45, 2.75) is 33.2 Å². The van der Waals surface area contributed by atoms with Crippen LogP contribution in [0.25, 0.3) is 0 Å². The lowest BCUT2D eigenvalue weighted by Gasteiger charge is -2.19. The molecule has 1 aliphatic heterocycles. The first-order valence-electron chi connectivity index (χ1n) is 5.10. The highest BCUT2D eigenvalue weighted by Gasteiger charge is 2.31. The van der Waals surface area contributed by atoms with Crippen molar-refractivity contribution in [3.8, 4) is 0 Å². The molecule has 1 aliphatic rings. The van der Waals surface area contributed by atoms with E-state index < -0.39 is 0 Å². The molecule has 1 amide bonds. The van der Waals surface area contributed by atoms with Crippen molar-refractivity contribution < 1.29 is 4.79 Å². The van der Waals surface area contributed by atoms with Gasteiger partial charge in [0.25, 0.3) is 0 Å². The van der Waals surface area contributed by atoms with Crippen molar-refractivity contribution in [3.63, 3.8) is 0 Å². The van der Waals surface area contributed by atoms with E-state index in [1.54, 1.807) is 0 Å². The van der Waals surface area contributed by atoms with E-state index >= 15 is 0 Å². The minimum absolute atomic E-state index is 0.150. The summed E-state index contributed by atoms with van der Waals surface area (Å²) in [7, 11) is 0. The number of hydrogen-bond acceptors (Lipinski definition) is 2. The van der Waals surface area contributed by atoms with Gasteiger partial charge in [0.2, 0.25) is 5.91 Å². The maximum Gasteiger partial charge on any atom is 0.225 e. The molecule has 1 rings (SSSR count). The minimum Gasteiger partial charge on any atom is -0.341 e. The van der Waals surface area contributed by atoms with Crippen LogP contribution < -0.4 is 5.73 Å². The van der Waals surface area contributed by atoms with Gasteiger partial charge in [-0.15, -0.1) is 0 Å². The van der Waals surface area contributed by atoms with Gasteiger partial charge in [-0.05, 0) is 12.3 Å². The first kappa shape index (κ1) is 10.5. The molecule has 3 atom stereocenters. The van der Waals surface area contributed by atoms with Crippen LogP contribution in [0.15, 0.2) is 0 Å². The van der Waals surface area contributed by atoms with Gasteiger partial charge in [0, 0.05) is 25.0 Å². The number of nitrogens with two attached hydrogens (primary N) is 1. The van der Waals surface area contributed by atoms with Crippen molar-refractivity contribution in [3.05, 3.63) is 0 Å². The largest absolute Gasteiger partial charge is 0.341 e. The van der Waals surface area contributed by atoms with E-state index in [2.05, 4.69) is 6.92 Å². The molecule has 3 unspecified atom stereocenters. The predicted molar refractivity (Wildman–Crippen MR) is 53.2 cm³/mol. The highest BCUT2D eigenvalue weighted by atomic mass is 16.2. The lowest BCUT2D eigenvalue weighted by Crippen LogP contribution is -2.35. The summed E-state index contributed by atoms with van der Waals surface area (Å²) in [5.41, 5.74) is 5.85. The lowest BCUT2D eigenvalue weighted by atomic mass is 10.1. The number of likely N-dealkylation sites (tertiary alicyclic amines) is 1. The summed E-state index contributed by atoms with van der Waals surface area (Å²) in [5, 5.41) is 0. The van der Waals surface area contributed by atoms with Gasteiger partial charge in [0.1, 0.15) is 0 Å². The van der Waals surface area contributed by atoms with Crippen molar-refractivity contribution >= 4 is 5.91 Å². The molecule has 0 radical (unpaired) electrons. The maximum atomic E-state index is 11.7. The van der Waals surface area contributed by atoms with E-state index in [0.717, 1.165) is 19.5 Å². The molecule has 76 valence electrons. The fraction of sp³-hybridized carbons (Fsp3) is 0.900. The lowest BCUT2D eigenvalue weighted by molar-refractivity contribution is -0.134. The Kier molecular flexibility index (Phi) is 3.31. The molecule has 0 aromatic carbocycles. The van der Waals surface area contributed by atoms with Crippen molar-refractivity contribution in [2.75, 3.05) is 13.1 Å². The number of rotatable bonds is 2. The van der Waals surface area contributed by atoms with Crippen LogP contribution in [0.4, 0.5) is 0 Å². The van der Waals surface area contributed by atoms with Crippen molar-refractivity contribution in [1.29, 1.82) is 0 Å². The quantitative estimate of drug-likeness (QED) is 0.691. The monoisotopic (exact) mass is 184 g/mol. The van der Waals surface area contributed by atoms with Crippen LogP contribution in [0.2, 0.25) is 0 Å². The Hall–Kier alpha value is -0.570. The first-order valence-corrected chi connectivity index (χ1v) is 5.10. The summed E-state index contributed by atoms with van der Waals surface area (Å²) in [5.74, 6) is 0.868. The van der Waals surface area contributed by atoms with Crippen LogP contribution in [0.1, 0.15) is 27.2 Å². The second kappa shape index (κ2) is 4.09. The molecule has 3 heteroatoms. The molecule has 1 heterocycles. The summed E-state index contributed by atoms with van der Waals surface area (Å²) in [4.78, 5) is 13.6. The molecule has 13 heavy (non-hydrogen) atoms. The normalized spacial score (nSPS) is 30.6. The Balaban J connectivity index is 2.50. The van der Waals surface area contributed by atoms with E-state index in [0.29, 0.717) is 5.92 Å². The highest BCUT2D eigenvalue weighted by Crippen LogP contribution is 2.17. The number of nitrogens with zero attached hydrogens (tertiary/aromatic N) is 1. The van der Waals surface area contributed by atoms with Gasteiger partial charge in [-0.1, -0.05) is 20.8 Å². The van der Waals surface area contributed by atoms with Crippen molar-refractivity contribution in [2.24, 2.45) is 17.6 Å². The predicted octanol–water partition coefficient (Wildman–Crippen LogP) is 0.838. The molecular weight excluding hydrogens is 164 g/mol. The molecule has 0 spiro atoms. The molecule has 1 saturated heterocycles. The summed E-state index contributed by atoms with van der Waals surface area (Å²) < 4.78 is 0. The molecule has 0 bridgehead atoms. The van der Waals surface area contributed by atoms with Crippen LogP contribution in [0.3, 0.4) is 0 Å². The second-order valence-corrected chi connectivity index (χ2v) is 4.19. The Morgan fingerprint density at radius 3 is 2.62 bits per heavy atom. The Bertz CT molecular complexity index is 183. The van der Waals surface area contributed by atoms with E-state index in [9.17, 15) is 4.79 Å². The van der Waals surface area contributed by atoms with Crippen molar-refractivity contribution in [1.82, 2.24) is 4.90 Å². The molecule has 0 aliphatic carbocycles. The standard InChI is InChI=1S/C10H20N2O/c1-4-7(2)10(13)12-5-8(3)9(11)6-12/h7-9H,4-6,11H2,1-3H3. The summed E-state index contributed by atoms with van der Waals surface area (Å²) >= 11 is 0. The first-order chi connectivity index (χ1) is 6.06. The Morgan fingerprint density at radius 2 is 2.23 bits per heavy atom. The smallest absolute Gasteiger partial charge is 0.225 e. The second-order valence-electron chi connectivity index (χ2n) is 4.19. The maximum absolute atomic E-state index is 11.7. The van der Waals surface area contributed by atoms with Gasteiger partial charge in [0.05, 0.1) is 0 Å². The average molecular weight is 184 g/mol. The third-order valence-electron chi connectivity index (χ3n) is 3.02. The third kappa shape index (κ3) is 2.21. The molecule has 0 aromatic heterocycles. The fourth-order valence-electron chi connectivity index (χ4n) is 1.66. The zero-order chi connectivity index (χ0) is 10.0. The van der Waals surface area contributed by atoms with Gasteiger partial charge < -0.3 is 10.6 Å². The van der Waals surface area contributed by atoms with Crippen LogP contribution in [0.5, 0.6) is 0 Å². The van der Waals surface area contributed by atoms with E-state index in [4.69, 9.17) is 5.73 Å². The number of hydrogen-bond donors (Lipinski definition) is 1. The highest BCUT2D eigenvalue weighted by molar-refractivity contribution is 5.78. The summed E-state index contributed by atoms with van der Waals surface area (Å²) in [6.07, 6.45) is 0.916. The Morgan fingerprint density at radius 1 is 1.62 bits per heavy atom. The van der Waals surface area contributed by atoms with Gasteiger partial charge in [0.15, 0.2) is 0 Å². The van der Waals surface area contributed by atoms with E-state index in [1.165, 1.54) is 0 Å². The minimum atomic E-state index is 0.150. The van der Waals surface area contributed by atoms with Gasteiger partial charge in [-0.25, -0.2) is 0 Å². The SMILES string of the molecule is CCC(C)C(=O)N1CC(C)C(N)C1. The van der Waals surface area contributed by atoms with Gasteiger partial charge >= 0.3 is 0 Å². The summed E-state index contributed by atoms with van der Waals surface area (Å²) in [6, 6.07) is 0.174. The summed E-state index contributed by atoms with van der Waals surface area (Å²) in [6.45, 7) is 7.71. The van der Waals surface area contributed by atoms with Crippen LogP contribution >= 0.6 is 0 Å². The van der Waals surface area contributed by atoms with Crippen LogP contribution in [-0.4, -0.2) is 29.9 Å². The molecule has 0 aromatic rings. The average Bonchev–Trinajstić information content (AvgIpc) is 2.44. The zero-order valence-corrected chi connectivity index (χ0v) is 8.79. The Labute approximate surface area is 80.3 Å². The molecule has 3 nitrogen and oxygen atoms in total. The number of carbonyl (C=O) groups excluding carboxylic acids is 1. The van der Waals surface area contributed by atoms with Gasteiger partial charge in [-0.3, -0.25) is 4.79 Å². The van der Waals surface area contributed by atoms with E-state index in [1.807, 2.05) is 18.7 Å². The topological polar surface area (TPSA) is 46.3 Å². The third-order valence-corrected chi connectivity index (χ3v) is 3.02. The molecular formula is C10H20N2O. The fourth-order valence-corrected chi connectivity index (χ4v) is 1.66. The number of carbonyl (C=O) groups is 1. The zero-order valence-electron chi connectivity index (χ0n) is 8.79. The van der Waals surface area contributed by atoms with Crippen LogP contribution in [0, 0.1) is 11.8 Å². The molecule has 2 N–H and O–H groups in total. The van der Waals surface area contributed by atoms with Crippen LogP contribution in [-0.2, 0) is 4.79 Å². The van der Waals surface area contributed by atoms with Gasteiger partial charge in [-0.2, -0.15) is 0 Å². The molecule has 1 fully saturated rings. The molecule has 0 saturated carbocycles. The van der Waals surface area contributed by atoms with E-state index in [-0.39, 0.29) is 17.9 Å².